The first-order valence-electron chi connectivity index (χ1n) is 4.58. The summed E-state index contributed by atoms with van der Waals surface area (Å²) in [6.45, 7) is 5.29. The molecule has 1 unspecified atom stereocenters. The molecule has 84 valence electrons. The quantitative estimate of drug-likeness (QED) is 0.657. The molecular formula is C9H20N2O3. The Hall–Kier alpha value is -1.10. The smallest absolute Gasteiger partial charge is 0.252 e. The molecule has 0 aromatic heterocycles. The Balaban J connectivity index is 0. The van der Waals surface area contributed by atoms with Gasteiger partial charge in [-0.2, -0.15) is 0 Å². The van der Waals surface area contributed by atoms with E-state index in [-0.39, 0.29) is 12.5 Å². The Kier molecular flexibility index (Phi) is 9.33. The average Bonchev–Trinajstić information content (AvgIpc) is 2.15. The summed E-state index contributed by atoms with van der Waals surface area (Å²) in [4.78, 5) is 22.6. The first-order valence-corrected chi connectivity index (χ1v) is 4.58. The zero-order valence-corrected chi connectivity index (χ0v) is 9.50. The van der Waals surface area contributed by atoms with E-state index < -0.39 is 12.0 Å². The molecule has 0 aromatic carbocycles. The number of nitrogens with one attached hydrogen (secondary N) is 1. The maximum absolute atomic E-state index is 11.0. The Morgan fingerprint density at radius 1 is 1.36 bits per heavy atom. The van der Waals surface area contributed by atoms with Crippen LogP contribution in [0, 0.1) is 0 Å². The molecule has 2 amide bonds. The lowest BCUT2D eigenvalue weighted by Crippen LogP contribution is -2.41. The molecule has 5 heteroatoms. The summed E-state index contributed by atoms with van der Waals surface area (Å²) in [6.07, 6.45) is -1.15. The molecule has 0 radical (unpaired) electrons. The van der Waals surface area contributed by atoms with E-state index >= 15 is 0 Å². The molecule has 2 N–H and O–H groups in total. The van der Waals surface area contributed by atoms with Gasteiger partial charge in [-0.3, -0.25) is 9.59 Å². The van der Waals surface area contributed by atoms with E-state index in [0.29, 0.717) is 0 Å². The second-order valence-corrected chi connectivity index (χ2v) is 2.69. The van der Waals surface area contributed by atoms with Crippen LogP contribution in [0.5, 0.6) is 0 Å². The first kappa shape index (κ1) is 15.4. The van der Waals surface area contributed by atoms with Crippen LogP contribution in [0.4, 0.5) is 0 Å². The molecule has 0 saturated carbocycles. The predicted molar refractivity (Wildman–Crippen MR) is 54.7 cm³/mol. The highest BCUT2D eigenvalue weighted by Gasteiger charge is 2.16. The summed E-state index contributed by atoms with van der Waals surface area (Å²) in [5.74, 6) is -0.677. The lowest BCUT2D eigenvalue weighted by Gasteiger charge is -2.15. The summed E-state index contributed by atoms with van der Waals surface area (Å²) in [7, 11) is 3.08. The number of hydrogen-bond donors (Lipinski definition) is 2. The van der Waals surface area contributed by atoms with Gasteiger partial charge >= 0.3 is 0 Å². The number of hydrogen-bond acceptors (Lipinski definition) is 3. The van der Waals surface area contributed by atoms with Crippen LogP contribution in [0.15, 0.2) is 0 Å². The molecular weight excluding hydrogens is 184 g/mol. The van der Waals surface area contributed by atoms with Crippen molar-refractivity contribution in [1.82, 2.24) is 10.2 Å². The summed E-state index contributed by atoms with van der Waals surface area (Å²) >= 11 is 0. The number of amides is 2. The van der Waals surface area contributed by atoms with Crippen molar-refractivity contribution in [2.45, 2.75) is 26.9 Å². The summed E-state index contributed by atoms with van der Waals surface area (Å²) in [5, 5.41) is 11.5. The Labute approximate surface area is 85.1 Å². The highest BCUT2D eigenvalue weighted by atomic mass is 16.3. The second-order valence-electron chi connectivity index (χ2n) is 2.69. The maximum atomic E-state index is 11.0. The Bertz CT molecular complexity index is 181. The second kappa shape index (κ2) is 8.50. The number of carbonyl (C=O) groups excluding carboxylic acids is 2. The van der Waals surface area contributed by atoms with Crippen molar-refractivity contribution in [3.63, 3.8) is 0 Å². The van der Waals surface area contributed by atoms with Crippen molar-refractivity contribution in [2.24, 2.45) is 0 Å². The van der Waals surface area contributed by atoms with Gasteiger partial charge in [-0.05, 0) is 0 Å². The monoisotopic (exact) mass is 204 g/mol. The molecule has 0 heterocycles. The van der Waals surface area contributed by atoms with Gasteiger partial charge in [0.25, 0.3) is 5.91 Å². The molecule has 0 aliphatic heterocycles. The van der Waals surface area contributed by atoms with Crippen LogP contribution in [0.2, 0.25) is 0 Å². The van der Waals surface area contributed by atoms with Crippen LogP contribution in [0.25, 0.3) is 0 Å². The fourth-order valence-electron chi connectivity index (χ4n) is 0.626. The zero-order valence-electron chi connectivity index (χ0n) is 9.50. The van der Waals surface area contributed by atoms with Crippen LogP contribution in [0.1, 0.15) is 20.8 Å². The fourth-order valence-corrected chi connectivity index (χ4v) is 0.626. The number of aliphatic hydroxyl groups excluding tert-OH is 1. The first-order chi connectivity index (χ1) is 6.45. The lowest BCUT2D eigenvalue weighted by atomic mass is 10.3. The topological polar surface area (TPSA) is 69.6 Å². The third kappa shape index (κ3) is 7.54. The van der Waals surface area contributed by atoms with Gasteiger partial charge in [0.2, 0.25) is 5.91 Å². The molecule has 0 bridgehead atoms. The van der Waals surface area contributed by atoms with Gasteiger partial charge in [0.1, 0.15) is 6.10 Å². The molecule has 0 aliphatic carbocycles. The molecule has 1 atom stereocenters. The van der Waals surface area contributed by atoms with Crippen LogP contribution in [0.3, 0.4) is 0 Å². The minimum absolute atomic E-state index is 0.0354. The Morgan fingerprint density at radius 2 is 1.79 bits per heavy atom. The molecule has 0 aliphatic rings. The Morgan fingerprint density at radius 3 is 2.07 bits per heavy atom. The standard InChI is InChI=1S/C7H14N2O3.C2H6/c1-5(10)8-4-6(11)7(12)9(2)3;1-2/h6,11H,4H2,1-3H3,(H,8,10);1-2H3. The van der Waals surface area contributed by atoms with Gasteiger partial charge in [0.05, 0.1) is 6.54 Å². The van der Waals surface area contributed by atoms with Crippen LogP contribution >= 0.6 is 0 Å². The molecule has 0 fully saturated rings. The van der Waals surface area contributed by atoms with E-state index in [1.165, 1.54) is 11.8 Å². The SMILES string of the molecule is CC.CC(=O)NCC(O)C(=O)N(C)C. The van der Waals surface area contributed by atoms with E-state index in [4.69, 9.17) is 5.11 Å². The van der Waals surface area contributed by atoms with Crippen molar-refractivity contribution in [1.29, 1.82) is 0 Å². The average molecular weight is 204 g/mol. The summed E-state index contributed by atoms with van der Waals surface area (Å²) in [6, 6.07) is 0. The number of nitrogens with zero attached hydrogens (tertiary/aromatic N) is 1. The highest BCUT2D eigenvalue weighted by molar-refractivity contribution is 5.81. The predicted octanol–water partition coefficient (Wildman–Crippen LogP) is -0.402. The van der Waals surface area contributed by atoms with Gasteiger partial charge in [-0.15, -0.1) is 0 Å². The van der Waals surface area contributed by atoms with E-state index in [1.54, 1.807) is 14.1 Å². The van der Waals surface area contributed by atoms with Crippen LogP contribution in [-0.2, 0) is 9.59 Å². The molecule has 0 aromatic rings. The van der Waals surface area contributed by atoms with Crippen molar-refractivity contribution in [3.05, 3.63) is 0 Å². The van der Waals surface area contributed by atoms with Crippen molar-refractivity contribution >= 4 is 11.8 Å². The third-order valence-corrected chi connectivity index (χ3v) is 1.27. The minimum Gasteiger partial charge on any atom is -0.381 e. The lowest BCUT2D eigenvalue weighted by molar-refractivity contribution is -0.137. The van der Waals surface area contributed by atoms with E-state index in [0.717, 1.165) is 0 Å². The third-order valence-electron chi connectivity index (χ3n) is 1.27. The zero-order chi connectivity index (χ0) is 11.7. The van der Waals surface area contributed by atoms with Gasteiger partial charge in [-0.1, -0.05) is 13.8 Å². The largest absolute Gasteiger partial charge is 0.381 e. The van der Waals surface area contributed by atoms with Crippen LogP contribution in [-0.4, -0.2) is 48.6 Å². The summed E-state index contributed by atoms with van der Waals surface area (Å²) in [5.41, 5.74) is 0. The van der Waals surface area contributed by atoms with Gasteiger partial charge < -0.3 is 15.3 Å². The van der Waals surface area contributed by atoms with Crippen molar-refractivity contribution in [3.8, 4) is 0 Å². The summed E-state index contributed by atoms with van der Waals surface area (Å²) < 4.78 is 0. The van der Waals surface area contributed by atoms with Gasteiger partial charge in [0.15, 0.2) is 0 Å². The van der Waals surface area contributed by atoms with Crippen LogP contribution < -0.4 is 5.32 Å². The molecule has 0 rings (SSSR count). The van der Waals surface area contributed by atoms with Crippen molar-refractivity contribution < 1.29 is 14.7 Å². The van der Waals surface area contributed by atoms with Gasteiger partial charge in [0, 0.05) is 21.0 Å². The normalized spacial score (nSPS) is 10.7. The molecule has 0 spiro atoms. The molecule has 14 heavy (non-hydrogen) atoms. The number of likely N-dealkylation sites (N-methyl/N-ethyl adjacent to an activating group) is 1. The van der Waals surface area contributed by atoms with E-state index in [1.807, 2.05) is 13.8 Å². The van der Waals surface area contributed by atoms with Crippen molar-refractivity contribution in [2.75, 3.05) is 20.6 Å². The highest BCUT2D eigenvalue weighted by Crippen LogP contribution is 1.87. The minimum atomic E-state index is -1.15. The van der Waals surface area contributed by atoms with E-state index in [9.17, 15) is 9.59 Å². The molecule has 5 nitrogen and oxygen atoms in total. The maximum Gasteiger partial charge on any atom is 0.252 e. The molecule has 0 saturated heterocycles. The van der Waals surface area contributed by atoms with Gasteiger partial charge in [-0.25, -0.2) is 0 Å². The number of aliphatic hydroxyl groups is 1. The number of rotatable bonds is 3. The fraction of sp³-hybridized carbons (Fsp3) is 0.778. The number of carbonyl (C=O) groups is 2. The van der Waals surface area contributed by atoms with E-state index in [2.05, 4.69) is 5.32 Å².